The molecule has 0 aliphatic rings. The second-order valence-electron chi connectivity index (χ2n) is 3.27. The third kappa shape index (κ3) is 3.77. The van der Waals surface area contributed by atoms with Crippen LogP contribution >= 0.6 is 0 Å². The molecule has 0 aliphatic heterocycles. The van der Waals surface area contributed by atoms with Gasteiger partial charge >= 0.3 is 5.97 Å². The summed E-state index contributed by atoms with van der Waals surface area (Å²) in [5, 5.41) is 2.62. The first-order chi connectivity index (χ1) is 6.56. The van der Waals surface area contributed by atoms with Crippen LogP contribution in [0.4, 0.5) is 0 Å². The Hall–Kier alpha value is -1.06. The fraction of sp³-hybridized carbons (Fsp3) is 0.800. The molecule has 0 aromatic carbocycles. The molecular weight excluding hydrogens is 182 g/mol. The van der Waals surface area contributed by atoms with E-state index in [1.807, 2.05) is 13.8 Å². The molecule has 4 heteroatoms. The highest BCUT2D eigenvalue weighted by molar-refractivity contribution is 5.85. The summed E-state index contributed by atoms with van der Waals surface area (Å²) in [7, 11) is 1.31. The summed E-state index contributed by atoms with van der Waals surface area (Å²) < 4.78 is 4.51. The predicted octanol–water partition coefficient (Wildman–Crippen LogP) is 1.10. The van der Waals surface area contributed by atoms with Gasteiger partial charge in [0, 0.05) is 5.92 Å². The molecule has 0 radical (unpaired) electrons. The summed E-state index contributed by atoms with van der Waals surface area (Å²) >= 11 is 0. The Bertz CT molecular complexity index is 200. The van der Waals surface area contributed by atoms with Crippen molar-refractivity contribution >= 4 is 11.9 Å². The van der Waals surface area contributed by atoms with Crippen LogP contribution in [-0.2, 0) is 14.3 Å². The molecule has 4 nitrogen and oxygen atoms in total. The minimum Gasteiger partial charge on any atom is -0.467 e. The number of amides is 1. The molecule has 1 amide bonds. The van der Waals surface area contributed by atoms with Gasteiger partial charge in [0.25, 0.3) is 0 Å². The highest BCUT2D eigenvalue weighted by atomic mass is 16.5. The van der Waals surface area contributed by atoms with Crippen molar-refractivity contribution in [2.24, 2.45) is 5.92 Å². The molecule has 0 saturated heterocycles. The van der Waals surface area contributed by atoms with Crippen LogP contribution in [0.1, 0.15) is 33.6 Å². The van der Waals surface area contributed by atoms with Gasteiger partial charge in [-0.05, 0) is 19.8 Å². The lowest BCUT2D eigenvalue weighted by Crippen LogP contribution is -2.42. The third-order valence-corrected chi connectivity index (χ3v) is 2.27. The van der Waals surface area contributed by atoms with Gasteiger partial charge < -0.3 is 10.1 Å². The Morgan fingerprint density at radius 2 is 1.79 bits per heavy atom. The van der Waals surface area contributed by atoms with Gasteiger partial charge in [-0.3, -0.25) is 4.79 Å². The summed E-state index contributed by atoms with van der Waals surface area (Å²) in [6.07, 6.45) is 1.58. The molecule has 0 fully saturated rings. The first-order valence-corrected chi connectivity index (χ1v) is 4.94. The van der Waals surface area contributed by atoms with Crippen molar-refractivity contribution in [3.63, 3.8) is 0 Å². The topological polar surface area (TPSA) is 55.4 Å². The van der Waals surface area contributed by atoms with Gasteiger partial charge in [-0.1, -0.05) is 13.8 Å². The van der Waals surface area contributed by atoms with E-state index >= 15 is 0 Å². The molecule has 1 N–H and O–H groups in total. The molecule has 0 spiro atoms. The number of nitrogens with one attached hydrogen (secondary N) is 1. The van der Waals surface area contributed by atoms with E-state index in [1.165, 1.54) is 7.11 Å². The Balaban J connectivity index is 4.10. The monoisotopic (exact) mass is 201 g/mol. The van der Waals surface area contributed by atoms with E-state index in [2.05, 4.69) is 10.1 Å². The first kappa shape index (κ1) is 12.9. The highest BCUT2D eigenvalue weighted by Crippen LogP contribution is 2.07. The smallest absolute Gasteiger partial charge is 0.328 e. The van der Waals surface area contributed by atoms with Crippen LogP contribution in [0.25, 0.3) is 0 Å². The Morgan fingerprint density at radius 1 is 1.29 bits per heavy atom. The van der Waals surface area contributed by atoms with Crippen LogP contribution in [0, 0.1) is 5.92 Å². The van der Waals surface area contributed by atoms with Crippen LogP contribution in [0.5, 0.6) is 0 Å². The standard InChI is InChI=1S/C10H19NO3/c1-5-8(6-2)9(12)11-7(3)10(13)14-4/h7-8H,5-6H2,1-4H3,(H,11,12). The summed E-state index contributed by atoms with van der Waals surface area (Å²) in [6.45, 7) is 5.53. The SMILES string of the molecule is CCC(CC)C(=O)NC(C)C(=O)OC. The summed E-state index contributed by atoms with van der Waals surface area (Å²) in [5.41, 5.74) is 0. The van der Waals surface area contributed by atoms with Crippen LogP contribution < -0.4 is 5.32 Å². The second-order valence-corrected chi connectivity index (χ2v) is 3.27. The van der Waals surface area contributed by atoms with Crippen molar-refractivity contribution in [3.05, 3.63) is 0 Å². The zero-order valence-corrected chi connectivity index (χ0v) is 9.29. The number of hydrogen-bond donors (Lipinski definition) is 1. The number of hydrogen-bond acceptors (Lipinski definition) is 3. The maximum absolute atomic E-state index is 11.5. The average Bonchev–Trinajstić information content (AvgIpc) is 2.18. The van der Waals surface area contributed by atoms with Crippen molar-refractivity contribution in [2.45, 2.75) is 39.7 Å². The molecule has 0 bridgehead atoms. The van der Waals surface area contributed by atoms with E-state index in [0.29, 0.717) is 0 Å². The summed E-state index contributed by atoms with van der Waals surface area (Å²) in [4.78, 5) is 22.5. The Kier molecular flexibility index (Phi) is 5.92. The molecular formula is C10H19NO3. The van der Waals surface area contributed by atoms with Crippen molar-refractivity contribution in [3.8, 4) is 0 Å². The zero-order valence-electron chi connectivity index (χ0n) is 9.29. The molecule has 0 heterocycles. The minimum atomic E-state index is -0.562. The van der Waals surface area contributed by atoms with Crippen molar-refractivity contribution < 1.29 is 14.3 Å². The number of carbonyl (C=O) groups excluding carboxylic acids is 2. The van der Waals surface area contributed by atoms with E-state index in [-0.39, 0.29) is 11.8 Å². The summed E-state index contributed by atoms with van der Waals surface area (Å²) in [6, 6.07) is -0.562. The molecule has 1 atom stereocenters. The molecule has 0 aromatic heterocycles. The molecule has 0 aliphatic carbocycles. The fourth-order valence-corrected chi connectivity index (χ4v) is 1.23. The van der Waals surface area contributed by atoms with Crippen LogP contribution in [-0.4, -0.2) is 25.0 Å². The molecule has 0 aromatic rings. The first-order valence-electron chi connectivity index (χ1n) is 4.94. The fourth-order valence-electron chi connectivity index (χ4n) is 1.23. The lowest BCUT2D eigenvalue weighted by molar-refractivity contribution is -0.145. The Morgan fingerprint density at radius 3 is 2.14 bits per heavy atom. The van der Waals surface area contributed by atoms with E-state index in [9.17, 15) is 9.59 Å². The van der Waals surface area contributed by atoms with Gasteiger partial charge in [0.1, 0.15) is 6.04 Å². The average molecular weight is 201 g/mol. The van der Waals surface area contributed by atoms with Crippen LogP contribution in [0.2, 0.25) is 0 Å². The zero-order chi connectivity index (χ0) is 11.1. The van der Waals surface area contributed by atoms with Gasteiger partial charge in [0.15, 0.2) is 0 Å². The molecule has 82 valence electrons. The predicted molar refractivity (Wildman–Crippen MR) is 53.7 cm³/mol. The van der Waals surface area contributed by atoms with Gasteiger partial charge in [-0.2, -0.15) is 0 Å². The summed E-state index contributed by atoms with van der Waals surface area (Å²) in [5.74, 6) is -0.501. The maximum Gasteiger partial charge on any atom is 0.328 e. The Labute approximate surface area is 85.0 Å². The minimum absolute atomic E-state index is 0.0119. The lowest BCUT2D eigenvalue weighted by atomic mass is 10.0. The third-order valence-electron chi connectivity index (χ3n) is 2.27. The van der Waals surface area contributed by atoms with Crippen molar-refractivity contribution in [1.82, 2.24) is 5.32 Å². The number of ether oxygens (including phenoxy) is 1. The van der Waals surface area contributed by atoms with Gasteiger partial charge in [0.2, 0.25) is 5.91 Å². The number of carbonyl (C=O) groups is 2. The van der Waals surface area contributed by atoms with E-state index in [1.54, 1.807) is 6.92 Å². The van der Waals surface area contributed by atoms with Crippen molar-refractivity contribution in [1.29, 1.82) is 0 Å². The van der Waals surface area contributed by atoms with E-state index in [0.717, 1.165) is 12.8 Å². The number of rotatable bonds is 5. The lowest BCUT2D eigenvalue weighted by Gasteiger charge is -2.16. The number of methoxy groups -OCH3 is 1. The van der Waals surface area contributed by atoms with Crippen LogP contribution in [0.3, 0.4) is 0 Å². The second kappa shape index (κ2) is 6.40. The number of esters is 1. The van der Waals surface area contributed by atoms with Crippen LogP contribution in [0.15, 0.2) is 0 Å². The molecule has 0 saturated carbocycles. The van der Waals surface area contributed by atoms with Gasteiger partial charge in [-0.15, -0.1) is 0 Å². The maximum atomic E-state index is 11.5. The molecule has 1 unspecified atom stereocenters. The van der Waals surface area contributed by atoms with E-state index < -0.39 is 12.0 Å². The quantitative estimate of drug-likeness (QED) is 0.678. The van der Waals surface area contributed by atoms with Crippen molar-refractivity contribution in [2.75, 3.05) is 7.11 Å². The van der Waals surface area contributed by atoms with Gasteiger partial charge in [0.05, 0.1) is 7.11 Å². The normalized spacial score (nSPS) is 12.4. The highest BCUT2D eigenvalue weighted by Gasteiger charge is 2.20. The molecule has 14 heavy (non-hydrogen) atoms. The van der Waals surface area contributed by atoms with E-state index in [4.69, 9.17) is 0 Å². The molecule has 0 rings (SSSR count). The van der Waals surface area contributed by atoms with Gasteiger partial charge in [-0.25, -0.2) is 4.79 Å². The largest absolute Gasteiger partial charge is 0.467 e.